The summed E-state index contributed by atoms with van der Waals surface area (Å²) in [5.41, 5.74) is 8.31. The molecule has 21 heavy (non-hydrogen) atoms. The molecule has 0 amide bonds. The lowest BCUT2D eigenvalue weighted by atomic mass is 10.0. The molecule has 0 saturated heterocycles. The number of halogens is 1. The Kier molecular flexibility index (Phi) is 5.59. The molecule has 2 aromatic rings. The van der Waals surface area contributed by atoms with Crippen LogP contribution in [0.25, 0.3) is 0 Å². The van der Waals surface area contributed by atoms with E-state index in [4.69, 9.17) is 15.2 Å². The molecule has 1 heterocycles. The van der Waals surface area contributed by atoms with E-state index in [-0.39, 0.29) is 6.04 Å². The predicted molar refractivity (Wildman–Crippen MR) is 86.7 cm³/mol. The number of pyridine rings is 1. The van der Waals surface area contributed by atoms with Gasteiger partial charge in [-0.05, 0) is 53.0 Å². The summed E-state index contributed by atoms with van der Waals surface area (Å²) in [7, 11) is 3.26. The van der Waals surface area contributed by atoms with Gasteiger partial charge in [-0.3, -0.25) is 4.98 Å². The first-order valence-corrected chi connectivity index (χ1v) is 7.52. The summed E-state index contributed by atoms with van der Waals surface area (Å²) < 4.78 is 11.5. The second-order valence-corrected chi connectivity index (χ2v) is 5.46. The second-order valence-electron chi connectivity index (χ2n) is 4.67. The van der Waals surface area contributed by atoms with Gasteiger partial charge < -0.3 is 15.2 Å². The van der Waals surface area contributed by atoms with E-state index in [1.54, 1.807) is 20.4 Å². The highest BCUT2D eigenvalue weighted by atomic mass is 79.9. The largest absolute Gasteiger partial charge is 0.495 e. The van der Waals surface area contributed by atoms with Crippen molar-refractivity contribution in [2.24, 2.45) is 5.73 Å². The van der Waals surface area contributed by atoms with Crippen LogP contribution in [0.3, 0.4) is 0 Å². The van der Waals surface area contributed by atoms with Crippen LogP contribution in [-0.4, -0.2) is 19.2 Å². The van der Waals surface area contributed by atoms with Gasteiger partial charge in [-0.2, -0.15) is 0 Å². The summed E-state index contributed by atoms with van der Waals surface area (Å²) in [5, 5.41) is 0. The second kappa shape index (κ2) is 7.43. The fourth-order valence-electron chi connectivity index (χ4n) is 2.21. The molecule has 0 saturated carbocycles. The number of nitrogens with zero attached hydrogens (tertiary/aromatic N) is 1. The van der Waals surface area contributed by atoms with E-state index in [9.17, 15) is 0 Å². The van der Waals surface area contributed by atoms with E-state index in [0.717, 1.165) is 40.1 Å². The molecule has 0 spiro atoms. The molecule has 0 fully saturated rings. The van der Waals surface area contributed by atoms with Gasteiger partial charge in [0.05, 0.1) is 14.2 Å². The Bertz CT molecular complexity index is 590. The third-order valence-corrected chi connectivity index (χ3v) is 4.10. The van der Waals surface area contributed by atoms with Gasteiger partial charge in [0.15, 0.2) is 0 Å². The molecule has 1 atom stereocenters. The number of nitrogens with two attached hydrogens (primary N) is 1. The number of hydrogen-bond acceptors (Lipinski definition) is 4. The van der Waals surface area contributed by atoms with Crippen molar-refractivity contribution in [3.63, 3.8) is 0 Å². The van der Waals surface area contributed by atoms with Crippen LogP contribution in [0.4, 0.5) is 0 Å². The summed E-state index contributed by atoms with van der Waals surface area (Å²) in [4.78, 5) is 4.32. The first-order valence-electron chi connectivity index (χ1n) is 6.73. The number of benzene rings is 1. The van der Waals surface area contributed by atoms with Crippen molar-refractivity contribution in [2.45, 2.75) is 18.9 Å². The van der Waals surface area contributed by atoms with Crippen LogP contribution in [0.15, 0.2) is 41.0 Å². The molecule has 1 aromatic carbocycles. The van der Waals surface area contributed by atoms with Gasteiger partial charge in [0, 0.05) is 23.5 Å². The van der Waals surface area contributed by atoms with Gasteiger partial charge in [-0.15, -0.1) is 0 Å². The van der Waals surface area contributed by atoms with Gasteiger partial charge in [0.2, 0.25) is 0 Å². The highest BCUT2D eigenvalue weighted by Crippen LogP contribution is 2.39. The zero-order valence-corrected chi connectivity index (χ0v) is 13.8. The Labute approximate surface area is 133 Å². The molecule has 0 bridgehead atoms. The van der Waals surface area contributed by atoms with E-state index in [2.05, 4.69) is 20.9 Å². The van der Waals surface area contributed by atoms with E-state index in [1.807, 2.05) is 30.3 Å². The molecule has 2 N–H and O–H groups in total. The third kappa shape index (κ3) is 3.74. The zero-order valence-electron chi connectivity index (χ0n) is 12.2. The summed E-state index contributed by atoms with van der Waals surface area (Å²) in [6, 6.07) is 9.62. The first-order chi connectivity index (χ1) is 10.2. The average molecular weight is 351 g/mol. The first kappa shape index (κ1) is 15.8. The topological polar surface area (TPSA) is 57.4 Å². The van der Waals surface area contributed by atoms with Crippen molar-refractivity contribution in [1.82, 2.24) is 4.98 Å². The summed E-state index contributed by atoms with van der Waals surface area (Å²) in [6.07, 6.45) is 3.42. The minimum absolute atomic E-state index is 0.121. The normalized spacial score (nSPS) is 12.0. The summed E-state index contributed by atoms with van der Waals surface area (Å²) in [6.45, 7) is 0. The monoisotopic (exact) mass is 350 g/mol. The predicted octanol–water partition coefficient (Wildman–Crippen LogP) is 3.49. The van der Waals surface area contributed by atoms with Crippen LogP contribution >= 0.6 is 15.9 Å². The number of rotatable bonds is 6. The van der Waals surface area contributed by atoms with Crippen molar-refractivity contribution in [1.29, 1.82) is 0 Å². The molecular weight excluding hydrogens is 332 g/mol. The lowest BCUT2D eigenvalue weighted by Gasteiger charge is -2.18. The standard InChI is InChI=1S/C16H19BrN2O2/c1-20-14-9-7-12(16(21-2)15(14)17)13(18)8-6-11-5-3-4-10-19-11/h3-5,7,9-10,13H,6,8,18H2,1-2H3. The SMILES string of the molecule is COc1ccc(C(N)CCc2ccccn2)c(OC)c1Br. The highest BCUT2D eigenvalue weighted by Gasteiger charge is 2.17. The highest BCUT2D eigenvalue weighted by molar-refractivity contribution is 9.10. The van der Waals surface area contributed by atoms with Gasteiger partial charge >= 0.3 is 0 Å². The lowest BCUT2D eigenvalue weighted by molar-refractivity contribution is 0.382. The van der Waals surface area contributed by atoms with Gasteiger partial charge in [-0.25, -0.2) is 0 Å². The molecule has 0 aliphatic heterocycles. The number of ether oxygens (including phenoxy) is 2. The smallest absolute Gasteiger partial charge is 0.141 e. The lowest BCUT2D eigenvalue weighted by Crippen LogP contribution is -2.13. The van der Waals surface area contributed by atoms with Crippen molar-refractivity contribution in [3.8, 4) is 11.5 Å². The quantitative estimate of drug-likeness (QED) is 0.866. The number of methoxy groups -OCH3 is 2. The van der Waals surface area contributed by atoms with E-state index in [0.29, 0.717) is 0 Å². The van der Waals surface area contributed by atoms with Crippen LogP contribution in [0.5, 0.6) is 11.5 Å². The molecule has 5 heteroatoms. The van der Waals surface area contributed by atoms with Crippen LogP contribution < -0.4 is 15.2 Å². The zero-order chi connectivity index (χ0) is 15.2. The fourth-order valence-corrected chi connectivity index (χ4v) is 2.90. The third-order valence-electron chi connectivity index (χ3n) is 3.35. The van der Waals surface area contributed by atoms with E-state index < -0.39 is 0 Å². The van der Waals surface area contributed by atoms with Crippen molar-refractivity contribution >= 4 is 15.9 Å². The average Bonchev–Trinajstić information content (AvgIpc) is 2.53. The van der Waals surface area contributed by atoms with Gasteiger partial charge in [0.25, 0.3) is 0 Å². The molecule has 2 rings (SSSR count). The van der Waals surface area contributed by atoms with Crippen molar-refractivity contribution in [2.75, 3.05) is 14.2 Å². The molecule has 1 unspecified atom stereocenters. The van der Waals surface area contributed by atoms with Crippen LogP contribution in [0, 0.1) is 0 Å². The fraction of sp³-hybridized carbons (Fsp3) is 0.312. The Morgan fingerprint density at radius 1 is 1.19 bits per heavy atom. The summed E-state index contributed by atoms with van der Waals surface area (Å²) in [5.74, 6) is 1.45. The van der Waals surface area contributed by atoms with Crippen LogP contribution in [0.2, 0.25) is 0 Å². The molecule has 0 aliphatic rings. The molecule has 112 valence electrons. The Balaban J connectivity index is 2.15. The Hall–Kier alpha value is -1.59. The maximum Gasteiger partial charge on any atom is 0.141 e. The van der Waals surface area contributed by atoms with Crippen LogP contribution in [-0.2, 0) is 6.42 Å². The maximum atomic E-state index is 6.31. The number of hydrogen-bond donors (Lipinski definition) is 1. The number of aromatic nitrogens is 1. The minimum Gasteiger partial charge on any atom is -0.495 e. The van der Waals surface area contributed by atoms with E-state index >= 15 is 0 Å². The Morgan fingerprint density at radius 3 is 2.62 bits per heavy atom. The number of aryl methyl sites for hydroxylation is 1. The van der Waals surface area contributed by atoms with Crippen LogP contribution in [0.1, 0.15) is 23.7 Å². The molecule has 4 nitrogen and oxygen atoms in total. The molecular formula is C16H19BrN2O2. The van der Waals surface area contributed by atoms with Crippen molar-refractivity contribution in [3.05, 3.63) is 52.3 Å². The minimum atomic E-state index is -0.121. The Morgan fingerprint density at radius 2 is 2.00 bits per heavy atom. The summed E-state index contributed by atoms with van der Waals surface area (Å²) >= 11 is 3.50. The van der Waals surface area contributed by atoms with Gasteiger partial charge in [0.1, 0.15) is 16.0 Å². The molecule has 0 aliphatic carbocycles. The molecule has 0 radical (unpaired) electrons. The van der Waals surface area contributed by atoms with Crippen molar-refractivity contribution < 1.29 is 9.47 Å². The van der Waals surface area contributed by atoms with Gasteiger partial charge in [-0.1, -0.05) is 6.07 Å². The van der Waals surface area contributed by atoms with E-state index in [1.165, 1.54) is 0 Å². The molecule has 1 aromatic heterocycles. The maximum absolute atomic E-state index is 6.31.